The Kier molecular flexibility index (Phi) is 4.70. The van der Waals surface area contributed by atoms with Crippen molar-refractivity contribution in [2.75, 3.05) is 0 Å². The number of aryl methyl sites for hydroxylation is 1. The molecule has 1 heterocycles. The topological polar surface area (TPSA) is 26.3 Å². The van der Waals surface area contributed by atoms with Crippen LogP contribution >= 0.6 is 0 Å². The Hall–Kier alpha value is -2.16. The van der Waals surface area contributed by atoms with Gasteiger partial charge in [0.1, 0.15) is 11.9 Å². The van der Waals surface area contributed by atoms with E-state index in [1.807, 2.05) is 26.0 Å². The van der Waals surface area contributed by atoms with Gasteiger partial charge in [0.25, 0.3) is 0 Å². The molecule has 126 valence electrons. The van der Waals surface area contributed by atoms with Crippen molar-refractivity contribution in [1.82, 2.24) is 0 Å². The van der Waals surface area contributed by atoms with Gasteiger partial charge in [-0.25, -0.2) is 9.18 Å². The second-order valence-corrected chi connectivity index (χ2v) is 6.64. The van der Waals surface area contributed by atoms with Crippen molar-refractivity contribution in [2.45, 2.75) is 52.1 Å². The van der Waals surface area contributed by atoms with Gasteiger partial charge in [-0.05, 0) is 35.6 Å². The van der Waals surface area contributed by atoms with Crippen molar-refractivity contribution in [1.29, 1.82) is 0 Å². The van der Waals surface area contributed by atoms with E-state index in [2.05, 4.69) is 31.2 Å². The van der Waals surface area contributed by atoms with Gasteiger partial charge in [-0.1, -0.05) is 56.7 Å². The zero-order chi connectivity index (χ0) is 17.3. The SMILES string of the molecule is CCCc1ccc(C(C)c2ccc3c(c2F)C(=O)OC(C)C3)cc1. The van der Waals surface area contributed by atoms with Gasteiger partial charge in [0.2, 0.25) is 0 Å². The molecule has 2 unspecified atom stereocenters. The second kappa shape index (κ2) is 6.76. The molecule has 24 heavy (non-hydrogen) atoms. The van der Waals surface area contributed by atoms with Crippen molar-refractivity contribution < 1.29 is 13.9 Å². The van der Waals surface area contributed by atoms with E-state index in [0.29, 0.717) is 12.0 Å². The number of carbonyl (C=O) groups is 1. The molecule has 0 spiro atoms. The maximum Gasteiger partial charge on any atom is 0.341 e. The summed E-state index contributed by atoms with van der Waals surface area (Å²) in [5, 5.41) is 0. The normalized spacial score (nSPS) is 18.0. The molecule has 1 aliphatic rings. The Bertz CT molecular complexity index is 749. The van der Waals surface area contributed by atoms with Gasteiger partial charge in [-0.2, -0.15) is 0 Å². The van der Waals surface area contributed by atoms with Gasteiger partial charge < -0.3 is 4.74 Å². The molecule has 0 saturated carbocycles. The number of carbonyl (C=O) groups excluding carboxylic acids is 1. The molecule has 0 N–H and O–H groups in total. The third-order valence-electron chi connectivity index (χ3n) is 4.76. The van der Waals surface area contributed by atoms with E-state index in [4.69, 9.17) is 4.74 Å². The van der Waals surface area contributed by atoms with Gasteiger partial charge in [0.15, 0.2) is 0 Å². The maximum absolute atomic E-state index is 15.0. The number of rotatable bonds is 4. The molecule has 2 atom stereocenters. The van der Waals surface area contributed by atoms with Crippen molar-refractivity contribution >= 4 is 5.97 Å². The van der Waals surface area contributed by atoms with Crippen molar-refractivity contribution in [2.24, 2.45) is 0 Å². The Morgan fingerprint density at radius 1 is 1.21 bits per heavy atom. The lowest BCUT2D eigenvalue weighted by atomic mass is 9.87. The molecule has 0 bridgehead atoms. The van der Waals surface area contributed by atoms with Crippen LogP contribution in [-0.2, 0) is 17.6 Å². The van der Waals surface area contributed by atoms with Crippen LogP contribution in [0.4, 0.5) is 4.39 Å². The van der Waals surface area contributed by atoms with Gasteiger partial charge in [0, 0.05) is 12.3 Å². The molecule has 0 aliphatic carbocycles. The summed E-state index contributed by atoms with van der Waals surface area (Å²) in [4.78, 5) is 12.1. The van der Waals surface area contributed by atoms with Crippen LogP contribution in [0.2, 0.25) is 0 Å². The van der Waals surface area contributed by atoms with E-state index >= 15 is 0 Å². The lowest BCUT2D eigenvalue weighted by molar-refractivity contribution is 0.0294. The average molecular weight is 326 g/mol. The van der Waals surface area contributed by atoms with E-state index in [1.54, 1.807) is 0 Å². The number of hydrogen-bond donors (Lipinski definition) is 0. The zero-order valence-corrected chi connectivity index (χ0v) is 14.4. The first-order valence-corrected chi connectivity index (χ1v) is 8.62. The van der Waals surface area contributed by atoms with Crippen molar-refractivity contribution in [3.8, 4) is 0 Å². The zero-order valence-electron chi connectivity index (χ0n) is 14.4. The van der Waals surface area contributed by atoms with E-state index < -0.39 is 11.8 Å². The van der Waals surface area contributed by atoms with Crippen LogP contribution in [0.1, 0.15) is 65.7 Å². The monoisotopic (exact) mass is 326 g/mol. The summed E-state index contributed by atoms with van der Waals surface area (Å²) in [7, 11) is 0. The summed E-state index contributed by atoms with van der Waals surface area (Å²) in [6.45, 7) is 5.95. The van der Waals surface area contributed by atoms with Gasteiger partial charge >= 0.3 is 5.97 Å². The highest BCUT2D eigenvalue weighted by Gasteiger charge is 2.29. The number of hydrogen-bond acceptors (Lipinski definition) is 2. The predicted octanol–water partition coefficient (Wildman–Crippen LogP) is 5.03. The van der Waals surface area contributed by atoms with Crippen LogP contribution < -0.4 is 0 Å². The Labute approximate surface area is 142 Å². The Balaban J connectivity index is 1.94. The number of ether oxygens (including phenoxy) is 1. The predicted molar refractivity (Wildman–Crippen MR) is 92.9 cm³/mol. The molecule has 3 heteroatoms. The molecule has 0 amide bonds. The summed E-state index contributed by atoms with van der Waals surface area (Å²) in [5.74, 6) is -1.10. The van der Waals surface area contributed by atoms with Gasteiger partial charge in [-0.3, -0.25) is 0 Å². The van der Waals surface area contributed by atoms with Crippen molar-refractivity contribution in [3.63, 3.8) is 0 Å². The minimum Gasteiger partial charge on any atom is -0.459 e. The summed E-state index contributed by atoms with van der Waals surface area (Å²) in [5.41, 5.74) is 3.73. The largest absolute Gasteiger partial charge is 0.459 e. The van der Waals surface area contributed by atoms with E-state index in [9.17, 15) is 9.18 Å². The quantitative estimate of drug-likeness (QED) is 0.737. The highest BCUT2D eigenvalue weighted by atomic mass is 19.1. The number of fused-ring (bicyclic) bond motifs is 1. The Morgan fingerprint density at radius 3 is 2.58 bits per heavy atom. The lowest BCUT2D eigenvalue weighted by Gasteiger charge is -2.24. The second-order valence-electron chi connectivity index (χ2n) is 6.64. The number of benzene rings is 2. The fourth-order valence-electron chi connectivity index (χ4n) is 3.39. The molecular formula is C21H23FO2. The van der Waals surface area contributed by atoms with Crippen LogP contribution in [0.25, 0.3) is 0 Å². The first-order chi connectivity index (χ1) is 11.5. The molecular weight excluding hydrogens is 303 g/mol. The third kappa shape index (κ3) is 3.08. The van der Waals surface area contributed by atoms with Crippen LogP contribution in [0.3, 0.4) is 0 Å². The fraction of sp³-hybridized carbons (Fsp3) is 0.381. The van der Waals surface area contributed by atoms with Crippen molar-refractivity contribution in [3.05, 3.63) is 70.0 Å². The van der Waals surface area contributed by atoms with Gasteiger partial charge in [0.05, 0.1) is 5.56 Å². The van der Waals surface area contributed by atoms with E-state index in [1.165, 1.54) is 5.56 Å². The smallest absolute Gasteiger partial charge is 0.341 e. The molecule has 2 aromatic rings. The van der Waals surface area contributed by atoms with Crippen LogP contribution in [-0.4, -0.2) is 12.1 Å². The standard InChI is InChI=1S/C21H23FO2/c1-4-5-15-6-8-16(9-7-15)14(3)18-11-10-17-12-13(2)24-21(23)19(17)20(18)22/h6-11,13-14H,4-5,12H2,1-3H3. The molecule has 0 saturated heterocycles. The number of esters is 1. The molecule has 0 aromatic heterocycles. The minimum atomic E-state index is -0.548. The maximum atomic E-state index is 15.0. The lowest BCUT2D eigenvalue weighted by Crippen LogP contribution is -2.27. The highest BCUT2D eigenvalue weighted by Crippen LogP contribution is 2.32. The third-order valence-corrected chi connectivity index (χ3v) is 4.76. The first kappa shape index (κ1) is 16.7. The molecule has 2 nitrogen and oxygen atoms in total. The highest BCUT2D eigenvalue weighted by molar-refractivity contribution is 5.92. The summed E-state index contributed by atoms with van der Waals surface area (Å²) < 4.78 is 20.2. The summed E-state index contributed by atoms with van der Waals surface area (Å²) in [6.07, 6.45) is 2.53. The van der Waals surface area contributed by atoms with E-state index in [0.717, 1.165) is 24.0 Å². The molecule has 0 radical (unpaired) electrons. The number of halogens is 1. The van der Waals surface area contributed by atoms with Crippen LogP contribution in [0, 0.1) is 5.82 Å². The molecule has 2 aromatic carbocycles. The molecule has 1 aliphatic heterocycles. The van der Waals surface area contributed by atoms with Crippen LogP contribution in [0.15, 0.2) is 36.4 Å². The fourth-order valence-corrected chi connectivity index (χ4v) is 3.39. The van der Waals surface area contributed by atoms with E-state index in [-0.39, 0.29) is 17.6 Å². The molecule has 0 fully saturated rings. The minimum absolute atomic E-state index is 0.111. The molecule has 3 rings (SSSR count). The average Bonchev–Trinajstić information content (AvgIpc) is 2.55. The van der Waals surface area contributed by atoms with Gasteiger partial charge in [-0.15, -0.1) is 0 Å². The summed E-state index contributed by atoms with van der Waals surface area (Å²) in [6, 6.07) is 12.0. The Morgan fingerprint density at radius 2 is 1.92 bits per heavy atom. The van der Waals surface area contributed by atoms with Crippen LogP contribution in [0.5, 0.6) is 0 Å². The first-order valence-electron chi connectivity index (χ1n) is 8.62. The number of cyclic esters (lactones) is 1. The summed E-state index contributed by atoms with van der Waals surface area (Å²) >= 11 is 0.